The van der Waals surface area contributed by atoms with Crippen LogP contribution in [0.5, 0.6) is 11.5 Å². The molecule has 0 spiro atoms. The summed E-state index contributed by atoms with van der Waals surface area (Å²) in [5.41, 5.74) is 2.91. The first kappa shape index (κ1) is 27.5. The van der Waals surface area contributed by atoms with Crippen molar-refractivity contribution in [2.24, 2.45) is 0 Å². The summed E-state index contributed by atoms with van der Waals surface area (Å²) in [5.74, 6) is -0.350. The summed E-state index contributed by atoms with van der Waals surface area (Å²) >= 11 is 0. The number of amides is 3. The van der Waals surface area contributed by atoms with Gasteiger partial charge in [0.1, 0.15) is 17.6 Å². The zero-order valence-corrected chi connectivity index (χ0v) is 21.7. The highest BCUT2D eigenvalue weighted by Crippen LogP contribution is 2.27. The lowest BCUT2D eigenvalue weighted by molar-refractivity contribution is -0.136. The van der Waals surface area contributed by atoms with Gasteiger partial charge in [0.25, 0.3) is 0 Å². The molecule has 1 heterocycles. The Bertz CT molecular complexity index is 1340. The van der Waals surface area contributed by atoms with Gasteiger partial charge in [0.15, 0.2) is 0 Å². The molecule has 4 rings (SSSR count). The van der Waals surface area contributed by atoms with Gasteiger partial charge in [-0.1, -0.05) is 24.3 Å². The van der Waals surface area contributed by atoms with Crippen molar-refractivity contribution in [3.8, 4) is 11.5 Å². The lowest BCUT2D eigenvalue weighted by Crippen LogP contribution is -2.50. The summed E-state index contributed by atoms with van der Waals surface area (Å²) in [6.07, 6.45) is -0.776. The van der Waals surface area contributed by atoms with Gasteiger partial charge in [-0.25, -0.2) is 9.59 Å². The third-order valence-corrected chi connectivity index (χ3v) is 6.41. The third-order valence-electron chi connectivity index (χ3n) is 6.41. The largest absolute Gasteiger partial charge is 0.495 e. The van der Waals surface area contributed by atoms with E-state index in [1.165, 1.54) is 19.2 Å². The minimum atomic E-state index is -1.03. The van der Waals surface area contributed by atoms with Crippen LogP contribution in [-0.2, 0) is 11.2 Å². The Labute approximate surface area is 226 Å². The zero-order chi connectivity index (χ0) is 27.9. The van der Waals surface area contributed by atoms with Crippen molar-refractivity contribution < 1.29 is 34.1 Å². The van der Waals surface area contributed by atoms with Gasteiger partial charge >= 0.3 is 12.0 Å². The molecule has 0 unspecified atom stereocenters. The minimum Gasteiger partial charge on any atom is -0.495 e. The van der Waals surface area contributed by atoms with E-state index in [1.54, 1.807) is 35.2 Å². The Morgan fingerprint density at radius 3 is 2.38 bits per heavy atom. The number of anilines is 2. The van der Waals surface area contributed by atoms with Crippen LogP contribution in [-0.4, -0.2) is 65.4 Å². The summed E-state index contributed by atoms with van der Waals surface area (Å²) < 4.78 is 11.4. The number of hydrogen-bond acceptors (Lipinski definition) is 6. The number of carboxylic acid groups (broad SMARTS) is 1. The molecule has 39 heavy (non-hydrogen) atoms. The number of β-amino-alcohol motifs (C(OH)–C–C–N with tert-alkyl or cyclic N) is 1. The van der Waals surface area contributed by atoms with Crippen molar-refractivity contribution in [3.63, 3.8) is 0 Å². The number of hydrogen-bond donors (Lipinski definition) is 4. The molecule has 4 N–H and O–H groups in total. The maximum Gasteiger partial charge on any atom is 0.335 e. The maximum atomic E-state index is 13.1. The zero-order valence-electron chi connectivity index (χ0n) is 21.7. The number of methoxy groups -OCH3 is 1. The predicted octanol–water partition coefficient (Wildman–Crippen LogP) is 3.93. The highest BCUT2D eigenvalue weighted by Gasteiger charge is 2.30. The number of urea groups is 1. The smallest absolute Gasteiger partial charge is 0.335 e. The van der Waals surface area contributed by atoms with Crippen molar-refractivity contribution in [2.45, 2.75) is 32.0 Å². The van der Waals surface area contributed by atoms with Gasteiger partial charge < -0.3 is 35.2 Å². The van der Waals surface area contributed by atoms with Gasteiger partial charge in [-0.05, 0) is 60.5 Å². The van der Waals surface area contributed by atoms with Gasteiger partial charge in [-0.2, -0.15) is 0 Å². The fourth-order valence-corrected chi connectivity index (χ4v) is 4.41. The Balaban J connectivity index is 1.37. The van der Waals surface area contributed by atoms with Crippen molar-refractivity contribution in [2.75, 3.05) is 30.8 Å². The van der Waals surface area contributed by atoms with Crippen LogP contribution >= 0.6 is 0 Å². The van der Waals surface area contributed by atoms with Crippen molar-refractivity contribution in [1.82, 2.24) is 4.90 Å². The van der Waals surface area contributed by atoms with Crippen LogP contribution in [0.25, 0.3) is 0 Å². The Hall–Kier alpha value is -4.57. The molecule has 2 atom stereocenters. The second kappa shape index (κ2) is 12.3. The topological polar surface area (TPSA) is 137 Å². The number of aliphatic hydroxyl groups is 1. The Kier molecular flexibility index (Phi) is 8.67. The average molecular weight is 534 g/mol. The van der Waals surface area contributed by atoms with Gasteiger partial charge in [-0.3, -0.25) is 4.79 Å². The number of piperidine rings is 1. The van der Waals surface area contributed by atoms with Crippen LogP contribution in [0.2, 0.25) is 0 Å². The average Bonchev–Trinajstić information content (AvgIpc) is 2.90. The predicted molar refractivity (Wildman–Crippen MR) is 146 cm³/mol. The number of carbonyl (C=O) groups excluding carboxylic acids is 2. The summed E-state index contributed by atoms with van der Waals surface area (Å²) in [4.78, 5) is 38.2. The van der Waals surface area contributed by atoms with E-state index >= 15 is 0 Å². The van der Waals surface area contributed by atoms with E-state index < -0.39 is 24.2 Å². The molecule has 3 aromatic rings. The molecule has 1 aliphatic heterocycles. The molecule has 10 heteroatoms. The van der Waals surface area contributed by atoms with Crippen LogP contribution in [0.15, 0.2) is 66.7 Å². The van der Waals surface area contributed by atoms with Gasteiger partial charge in [0.2, 0.25) is 5.91 Å². The third kappa shape index (κ3) is 7.26. The quantitative estimate of drug-likeness (QED) is 0.344. The molecule has 0 aromatic heterocycles. The molecule has 0 radical (unpaired) electrons. The number of para-hydroxylation sites is 1. The number of aromatic carboxylic acids is 1. The molecule has 0 saturated carbocycles. The van der Waals surface area contributed by atoms with E-state index in [0.717, 1.165) is 5.56 Å². The lowest BCUT2D eigenvalue weighted by Gasteiger charge is -2.35. The molecule has 1 fully saturated rings. The standard InChI is InChI=1S/C29H31N3O7/c1-18-5-3-4-6-24(18)30-29(37)31-25-12-7-19(13-26(25)38-2)14-27(34)32-16-21(33)15-23(17-32)39-22-10-8-20(9-11-22)28(35)36/h3-13,21,23,33H,14-17H2,1-2H3,(H,35,36)(H2,30,31,37)/t21-,23-/m1/s1. The van der Waals surface area contributed by atoms with Crippen molar-refractivity contribution in [1.29, 1.82) is 0 Å². The van der Waals surface area contributed by atoms with E-state index in [9.17, 15) is 19.5 Å². The Morgan fingerprint density at radius 1 is 0.974 bits per heavy atom. The molecular formula is C29H31N3O7. The first-order valence-corrected chi connectivity index (χ1v) is 12.5. The second-order valence-electron chi connectivity index (χ2n) is 9.36. The molecular weight excluding hydrogens is 502 g/mol. The monoisotopic (exact) mass is 533 g/mol. The first-order chi connectivity index (χ1) is 18.7. The van der Waals surface area contributed by atoms with Crippen LogP contribution in [0.3, 0.4) is 0 Å². The van der Waals surface area contributed by atoms with Crippen LogP contribution in [0, 0.1) is 6.92 Å². The molecule has 1 aliphatic rings. The number of nitrogens with one attached hydrogen (secondary N) is 2. The van der Waals surface area contributed by atoms with Crippen LogP contribution < -0.4 is 20.1 Å². The number of likely N-dealkylation sites (tertiary alicyclic amines) is 1. The SMILES string of the molecule is COc1cc(CC(=O)N2C[C@H](O)C[C@@H](Oc3ccc(C(=O)O)cc3)C2)ccc1NC(=O)Nc1ccccc1C. The number of carboxylic acids is 1. The number of nitrogens with zero attached hydrogens (tertiary/aromatic N) is 1. The van der Waals surface area contributed by atoms with E-state index in [4.69, 9.17) is 14.6 Å². The number of ether oxygens (including phenoxy) is 2. The van der Waals surface area contributed by atoms with E-state index in [-0.39, 0.29) is 31.0 Å². The van der Waals surface area contributed by atoms with Gasteiger partial charge in [0, 0.05) is 18.7 Å². The highest BCUT2D eigenvalue weighted by atomic mass is 16.5. The van der Waals surface area contributed by atoms with Crippen LogP contribution in [0.1, 0.15) is 27.9 Å². The first-order valence-electron chi connectivity index (χ1n) is 12.5. The van der Waals surface area contributed by atoms with E-state index in [1.807, 2.05) is 31.2 Å². The minimum absolute atomic E-state index is 0.0682. The molecule has 0 bridgehead atoms. The van der Waals surface area contributed by atoms with E-state index in [0.29, 0.717) is 34.9 Å². The number of benzene rings is 3. The number of aryl methyl sites for hydroxylation is 1. The molecule has 204 valence electrons. The molecule has 3 aromatic carbocycles. The van der Waals surface area contributed by atoms with E-state index in [2.05, 4.69) is 10.6 Å². The van der Waals surface area contributed by atoms with Gasteiger partial charge in [-0.15, -0.1) is 0 Å². The fraction of sp³-hybridized carbons (Fsp3) is 0.276. The summed E-state index contributed by atoms with van der Waals surface area (Å²) in [7, 11) is 1.48. The number of aliphatic hydroxyl groups excluding tert-OH is 1. The molecule has 0 aliphatic carbocycles. The van der Waals surface area contributed by atoms with Crippen LogP contribution in [0.4, 0.5) is 16.2 Å². The maximum absolute atomic E-state index is 13.1. The van der Waals surface area contributed by atoms with Crippen molar-refractivity contribution in [3.05, 3.63) is 83.4 Å². The number of carbonyl (C=O) groups is 3. The van der Waals surface area contributed by atoms with Gasteiger partial charge in [0.05, 0.1) is 37.4 Å². The molecule has 10 nitrogen and oxygen atoms in total. The molecule has 3 amide bonds. The summed E-state index contributed by atoms with van der Waals surface area (Å²) in [6, 6.07) is 18.1. The highest BCUT2D eigenvalue weighted by molar-refractivity contribution is 6.01. The lowest BCUT2D eigenvalue weighted by atomic mass is 10.0. The number of rotatable bonds is 8. The molecule has 1 saturated heterocycles. The Morgan fingerprint density at radius 2 is 1.69 bits per heavy atom. The summed E-state index contributed by atoms with van der Waals surface area (Å²) in [5, 5.41) is 25.0. The normalized spacial score (nSPS) is 16.7. The van der Waals surface area contributed by atoms with Crippen molar-refractivity contribution >= 4 is 29.3 Å². The summed E-state index contributed by atoms with van der Waals surface area (Å²) in [6.45, 7) is 2.37. The fourth-order valence-electron chi connectivity index (χ4n) is 4.41. The second-order valence-corrected chi connectivity index (χ2v) is 9.36.